The third kappa shape index (κ3) is 4.76. The van der Waals surface area contributed by atoms with Crippen LogP contribution in [0.3, 0.4) is 0 Å². The van der Waals surface area contributed by atoms with Crippen molar-refractivity contribution in [1.29, 1.82) is 0 Å². The van der Waals surface area contributed by atoms with Gasteiger partial charge in [0, 0.05) is 23.3 Å². The molecule has 0 saturated heterocycles. The molecule has 2 rings (SSSR count). The van der Waals surface area contributed by atoms with Crippen molar-refractivity contribution < 1.29 is 0 Å². The minimum Gasteiger partial charge on any atom is -0.354 e. The van der Waals surface area contributed by atoms with Gasteiger partial charge in [0.15, 0.2) is 0 Å². The van der Waals surface area contributed by atoms with Crippen LogP contribution in [0.2, 0.25) is 10.0 Å². The molecule has 21 heavy (non-hydrogen) atoms. The molecule has 0 atom stereocenters. The van der Waals surface area contributed by atoms with Crippen LogP contribution in [0.5, 0.6) is 0 Å². The van der Waals surface area contributed by atoms with Crippen LogP contribution in [-0.2, 0) is 0 Å². The fourth-order valence-corrected chi connectivity index (χ4v) is 2.27. The average Bonchev–Trinajstić information content (AvgIpc) is 2.42. The molecule has 0 bridgehead atoms. The van der Waals surface area contributed by atoms with Crippen molar-refractivity contribution in [1.82, 2.24) is 9.97 Å². The molecular weight excluding hydrogens is 307 g/mol. The van der Waals surface area contributed by atoms with Crippen molar-refractivity contribution >= 4 is 40.7 Å². The number of benzene rings is 1. The van der Waals surface area contributed by atoms with Gasteiger partial charge in [0.1, 0.15) is 5.82 Å². The summed E-state index contributed by atoms with van der Waals surface area (Å²) in [5.74, 6) is 1.32. The fourth-order valence-electron chi connectivity index (χ4n) is 1.82. The average molecular weight is 325 g/mol. The Morgan fingerprint density at radius 2 is 1.95 bits per heavy atom. The number of aromatic nitrogens is 2. The summed E-state index contributed by atoms with van der Waals surface area (Å²) in [5, 5.41) is 7.57. The number of hydrogen-bond donors (Lipinski definition) is 2. The molecule has 2 N–H and O–H groups in total. The third-order valence-electron chi connectivity index (χ3n) is 2.86. The standard InChI is InChI=1S/C15H18Cl2N4/c1-3-4-7-18-15-19-10(2)8-14(21-15)20-13-6-5-11(16)9-12(13)17/h5-6,8-9H,3-4,7H2,1-2H3,(H2,18,19,20,21). The Balaban J connectivity index is 2.15. The quantitative estimate of drug-likeness (QED) is 0.730. The van der Waals surface area contributed by atoms with Gasteiger partial charge in [-0.15, -0.1) is 0 Å². The first-order chi connectivity index (χ1) is 10.1. The number of nitrogens with zero attached hydrogens (tertiary/aromatic N) is 2. The predicted octanol–water partition coefficient (Wildman–Crippen LogP) is 5.05. The van der Waals surface area contributed by atoms with Gasteiger partial charge in [0.2, 0.25) is 5.95 Å². The number of hydrogen-bond acceptors (Lipinski definition) is 4. The number of anilines is 3. The second kappa shape index (κ2) is 7.48. The Hall–Kier alpha value is -1.52. The molecule has 1 aromatic heterocycles. The van der Waals surface area contributed by atoms with Crippen LogP contribution in [0.1, 0.15) is 25.5 Å². The number of unbranched alkanes of at least 4 members (excludes halogenated alkanes) is 1. The van der Waals surface area contributed by atoms with Gasteiger partial charge < -0.3 is 10.6 Å². The van der Waals surface area contributed by atoms with Crippen LogP contribution in [0, 0.1) is 6.92 Å². The summed E-state index contributed by atoms with van der Waals surface area (Å²) >= 11 is 12.0. The Labute approximate surface area is 134 Å². The minimum absolute atomic E-state index is 0.555. The van der Waals surface area contributed by atoms with Crippen molar-refractivity contribution in [2.45, 2.75) is 26.7 Å². The van der Waals surface area contributed by atoms with E-state index < -0.39 is 0 Å². The zero-order valence-corrected chi connectivity index (χ0v) is 13.6. The number of nitrogens with one attached hydrogen (secondary N) is 2. The van der Waals surface area contributed by atoms with E-state index in [-0.39, 0.29) is 0 Å². The van der Waals surface area contributed by atoms with E-state index in [0.29, 0.717) is 21.8 Å². The van der Waals surface area contributed by atoms with Crippen molar-refractivity contribution in [3.8, 4) is 0 Å². The zero-order chi connectivity index (χ0) is 15.2. The van der Waals surface area contributed by atoms with Gasteiger partial charge >= 0.3 is 0 Å². The zero-order valence-electron chi connectivity index (χ0n) is 12.1. The summed E-state index contributed by atoms with van der Waals surface area (Å²) in [6.07, 6.45) is 2.22. The lowest BCUT2D eigenvalue weighted by Crippen LogP contribution is -2.07. The molecule has 0 spiro atoms. The molecule has 6 heteroatoms. The van der Waals surface area contributed by atoms with Gasteiger partial charge in [-0.1, -0.05) is 36.5 Å². The van der Waals surface area contributed by atoms with Crippen molar-refractivity contribution in [2.24, 2.45) is 0 Å². The summed E-state index contributed by atoms with van der Waals surface area (Å²) in [6.45, 7) is 4.94. The van der Waals surface area contributed by atoms with E-state index in [4.69, 9.17) is 23.2 Å². The smallest absolute Gasteiger partial charge is 0.224 e. The molecule has 2 aromatic rings. The van der Waals surface area contributed by atoms with Gasteiger partial charge in [0.25, 0.3) is 0 Å². The summed E-state index contributed by atoms with van der Waals surface area (Å²) in [5.41, 5.74) is 1.65. The van der Waals surface area contributed by atoms with E-state index in [1.807, 2.05) is 19.1 Å². The van der Waals surface area contributed by atoms with Crippen LogP contribution >= 0.6 is 23.2 Å². The Morgan fingerprint density at radius 1 is 1.14 bits per heavy atom. The van der Waals surface area contributed by atoms with Crippen molar-refractivity contribution in [3.63, 3.8) is 0 Å². The summed E-state index contributed by atoms with van der Waals surface area (Å²) < 4.78 is 0. The highest BCUT2D eigenvalue weighted by Crippen LogP contribution is 2.28. The van der Waals surface area contributed by atoms with Crippen LogP contribution < -0.4 is 10.6 Å². The van der Waals surface area contributed by atoms with E-state index in [1.165, 1.54) is 0 Å². The maximum Gasteiger partial charge on any atom is 0.224 e. The summed E-state index contributed by atoms with van der Waals surface area (Å²) in [6, 6.07) is 7.17. The van der Waals surface area contributed by atoms with Gasteiger partial charge in [-0.2, -0.15) is 4.98 Å². The Morgan fingerprint density at radius 3 is 2.67 bits per heavy atom. The summed E-state index contributed by atoms with van der Waals surface area (Å²) in [4.78, 5) is 8.81. The number of halogens is 2. The molecular formula is C15H18Cl2N4. The van der Waals surface area contributed by atoms with Gasteiger partial charge in [-0.05, 0) is 31.5 Å². The molecule has 0 fully saturated rings. The second-order valence-corrected chi connectivity index (χ2v) is 5.59. The van der Waals surface area contributed by atoms with Gasteiger partial charge in [0.05, 0.1) is 10.7 Å². The molecule has 4 nitrogen and oxygen atoms in total. The normalized spacial score (nSPS) is 10.5. The third-order valence-corrected chi connectivity index (χ3v) is 3.41. The molecule has 0 aliphatic heterocycles. The molecule has 0 amide bonds. The topological polar surface area (TPSA) is 49.8 Å². The van der Waals surface area contributed by atoms with Crippen LogP contribution in [0.4, 0.5) is 17.5 Å². The number of rotatable bonds is 6. The van der Waals surface area contributed by atoms with E-state index in [9.17, 15) is 0 Å². The molecule has 0 aliphatic rings. The Bertz CT molecular complexity index is 617. The van der Waals surface area contributed by atoms with Gasteiger partial charge in [-0.25, -0.2) is 4.98 Å². The lowest BCUT2D eigenvalue weighted by atomic mass is 10.3. The highest BCUT2D eigenvalue weighted by atomic mass is 35.5. The van der Waals surface area contributed by atoms with Crippen LogP contribution in [-0.4, -0.2) is 16.5 Å². The van der Waals surface area contributed by atoms with E-state index >= 15 is 0 Å². The maximum absolute atomic E-state index is 6.16. The molecule has 0 unspecified atom stereocenters. The van der Waals surface area contributed by atoms with Crippen molar-refractivity contribution in [3.05, 3.63) is 40.0 Å². The highest BCUT2D eigenvalue weighted by Gasteiger charge is 2.05. The van der Waals surface area contributed by atoms with Crippen LogP contribution in [0.15, 0.2) is 24.3 Å². The van der Waals surface area contributed by atoms with Crippen molar-refractivity contribution in [2.75, 3.05) is 17.2 Å². The molecule has 112 valence electrons. The monoisotopic (exact) mass is 324 g/mol. The molecule has 0 saturated carbocycles. The lowest BCUT2D eigenvalue weighted by molar-refractivity contribution is 0.825. The minimum atomic E-state index is 0.555. The number of aryl methyl sites for hydroxylation is 1. The predicted molar refractivity (Wildman–Crippen MR) is 89.9 cm³/mol. The molecule has 1 aromatic carbocycles. The first-order valence-electron chi connectivity index (χ1n) is 6.90. The lowest BCUT2D eigenvalue weighted by Gasteiger charge is -2.11. The van der Waals surface area contributed by atoms with E-state index in [1.54, 1.807) is 12.1 Å². The molecule has 0 aliphatic carbocycles. The summed E-state index contributed by atoms with van der Waals surface area (Å²) in [7, 11) is 0. The first-order valence-corrected chi connectivity index (χ1v) is 7.65. The van der Waals surface area contributed by atoms with Crippen LogP contribution in [0.25, 0.3) is 0 Å². The first kappa shape index (κ1) is 15.9. The maximum atomic E-state index is 6.16. The van der Waals surface area contributed by atoms with Gasteiger partial charge in [-0.3, -0.25) is 0 Å². The SMILES string of the molecule is CCCCNc1nc(C)cc(Nc2ccc(Cl)cc2Cl)n1. The van der Waals surface area contributed by atoms with E-state index in [2.05, 4.69) is 27.5 Å². The largest absolute Gasteiger partial charge is 0.354 e. The van der Waals surface area contributed by atoms with E-state index in [0.717, 1.165) is 30.8 Å². The fraction of sp³-hybridized carbons (Fsp3) is 0.333. The Kier molecular flexibility index (Phi) is 5.65. The second-order valence-electron chi connectivity index (χ2n) is 4.75. The highest BCUT2D eigenvalue weighted by molar-refractivity contribution is 6.36. The molecule has 0 radical (unpaired) electrons. The molecule has 1 heterocycles.